The maximum Gasteiger partial charge on any atom is 0.494 e. The zero-order chi connectivity index (χ0) is 16.8. The first-order chi connectivity index (χ1) is 10.7. The van der Waals surface area contributed by atoms with Crippen LogP contribution in [-0.2, 0) is 9.31 Å². The Morgan fingerprint density at radius 3 is 2.35 bits per heavy atom. The predicted molar refractivity (Wildman–Crippen MR) is 89.2 cm³/mol. The van der Waals surface area contributed by atoms with Crippen LogP contribution in [0.25, 0.3) is 0 Å². The molecule has 1 saturated heterocycles. The van der Waals surface area contributed by atoms with Crippen molar-refractivity contribution in [1.82, 2.24) is 5.32 Å². The van der Waals surface area contributed by atoms with Crippen molar-refractivity contribution in [3.63, 3.8) is 0 Å². The maximum atomic E-state index is 12.4. The summed E-state index contributed by atoms with van der Waals surface area (Å²) in [7, 11) is 1.08. The van der Waals surface area contributed by atoms with E-state index >= 15 is 0 Å². The van der Waals surface area contributed by atoms with E-state index in [-0.39, 0.29) is 5.91 Å². The van der Waals surface area contributed by atoms with E-state index < -0.39 is 18.3 Å². The molecule has 0 bridgehead atoms. The van der Waals surface area contributed by atoms with Crippen LogP contribution in [0.1, 0.15) is 50.9 Å². The van der Waals surface area contributed by atoms with Gasteiger partial charge in [0.05, 0.1) is 23.9 Å². The Bertz CT molecular complexity index is 609. The summed E-state index contributed by atoms with van der Waals surface area (Å²) in [6, 6.07) is 5.78. The molecule has 1 aliphatic heterocycles. The first kappa shape index (κ1) is 16.3. The molecule has 1 heterocycles. The normalized spacial score (nSPS) is 22.0. The van der Waals surface area contributed by atoms with Crippen molar-refractivity contribution in [1.29, 1.82) is 0 Å². The zero-order valence-electron chi connectivity index (χ0n) is 14.4. The second-order valence-electron chi connectivity index (χ2n) is 7.30. The van der Waals surface area contributed by atoms with Crippen molar-refractivity contribution in [2.24, 2.45) is 0 Å². The average molecular weight is 317 g/mol. The van der Waals surface area contributed by atoms with Crippen LogP contribution < -0.4 is 15.5 Å². The standard InChI is InChI=1S/C17H24BNO4/c1-16(2)17(3,4)23-18(22-16)11-6-9-14(21-5)13(10-11)15(20)19-12-7-8-12/h6,9-10,12H,7-8H2,1-5H3,(H,19,20). The maximum absolute atomic E-state index is 12.4. The summed E-state index contributed by atoms with van der Waals surface area (Å²) in [6.45, 7) is 8.04. The van der Waals surface area contributed by atoms with Gasteiger partial charge in [-0.05, 0) is 58.1 Å². The summed E-state index contributed by atoms with van der Waals surface area (Å²) >= 11 is 0. The Morgan fingerprint density at radius 1 is 1.22 bits per heavy atom. The molecule has 124 valence electrons. The number of benzene rings is 1. The number of ether oxygens (including phenoxy) is 1. The Balaban J connectivity index is 1.87. The van der Waals surface area contributed by atoms with E-state index in [0.29, 0.717) is 17.4 Å². The van der Waals surface area contributed by atoms with Crippen LogP contribution in [0.2, 0.25) is 0 Å². The molecule has 1 saturated carbocycles. The lowest BCUT2D eigenvalue weighted by molar-refractivity contribution is 0.00578. The molecule has 1 N–H and O–H groups in total. The summed E-state index contributed by atoms with van der Waals surface area (Å²) in [5.74, 6) is 0.450. The molecule has 3 rings (SSSR count). The van der Waals surface area contributed by atoms with Crippen LogP contribution >= 0.6 is 0 Å². The van der Waals surface area contributed by atoms with Gasteiger partial charge in [0, 0.05) is 6.04 Å². The Hall–Kier alpha value is -1.53. The predicted octanol–water partition coefficient (Wildman–Crippen LogP) is 1.89. The van der Waals surface area contributed by atoms with Gasteiger partial charge in [0.1, 0.15) is 5.75 Å². The second kappa shape index (κ2) is 5.53. The van der Waals surface area contributed by atoms with Crippen molar-refractivity contribution >= 4 is 18.5 Å². The fraction of sp³-hybridized carbons (Fsp3) is 0.588. The lowest BCUT2D eigenvalue weighted by Crippen LogP contribution is -2.41. The van der Waals surface area contributed by atoms with Crippen molar-refractivity contribution in [3.8, 4) is 5.75 Å². The number of rotatable bonds is 4. The van der Waals surface area contributed by atoms with Gasteiger partial charge in [-0.2, -0.15) is 0 Å². The number of carbonyl (C=O) groups excluding carboxylic acids is 1. The molecular weight excluding hydrogens is 293 g/mol. The molecule has 1 aliphatic carbocycles. The van der Waals surface area contributed by atoms with Crippen LogP contribution in [0.15, 0.2) is 18.2 Å². The number of carbonyl (C=O) groups is 1. The van der Waals surface area contributed by atoms with Gasteiger partial charge in [-0.1, -0.05) is 6.07 Å². The van der Waals surface area contributed by atoms with Gasteiger partial charge >= 0.3 is 7.12 Å². The van der Waals surface area contributed by atoms with Crippen LogP contribution in [-0.4, -0.2) is 37.4 Å². The summed E-state index contributed by atoms with van der Waals surface area (Å²) in [5.41, 5.74) is 0.527. The quantitative estimate of drug-likeness (QED) is 0.862. The van der Waals surface area contributed by atoms with Crippen LogP contribution in [0.4, 0.5) is 0 Å². The minimum Gasteiger partial charge on any atom is -0.496 e. The first-order valence-corrected chi connectivity index (χ1v) is 8.08. The first-order valence-electron chi connectivity index (χ1n) is 8.08. The highest BCUT2D eigenvalue weighted by atomic mass is 16.7. The van der Waals surface area contributed by atoms with Gasteiger partial charge in [0.15, 0.2) is 0 Å². The Kier molecular flexibility index (Phi) is 3.93. The fourth-order valence-electron chi connectivity index (χ4n) is 2.52. The minimum absolute atomic E-state index is 0.109. The summed E-state index contributed by atoms with van der Waals surface area (Å²) in [4.78, 5) is 12.4. The van der Waals surface area contributed by atoms with Crippen LogP contribution in [0, 0.1) is 0 Å². The number of nitrogens with one attached hydrogen (secondary N) is 1. The van der Waals surface area contributed by atoms with E-state index in [1.807, 2.05) is 33.8 Å². The van der Waals surface area contributed by atoms with Gasteiger partial charge in [-0.3, -0.25) is 4.79 Å². The summed E-state index contributed by atoms with van der Waals surface area (Å²) in [6.07, 6.45) is 2.09. The average Bonchev–Trinajstić information content (AvgIpc) is 3.25. The van der Waals surface area contributed by atoms with Gasteiger partial charge < -0.3 is 19.4 Å². The number of amides is 1. The molecule has 1 aromatic rings. The van der Waals surface area contributed by atoms with Crippen molar-refractivity contribution in [2.75, 3.05) is 7.11 Å². The van der Waals surface area contributed by atoms with Gasteiger partial charge in [-0.15, -0.1) is 0 Å². The Morgan fingerprint density at radius 2 is 1.83 bits per heavy atom. The second-order valence-corrected chi connectivity index (χ2v) is 7.30. The molecule has 23 heavy (non-hydrogen) atoms. The van der Waals surface area contributed by atoms with E-state index in [0.717, 1.165) is 18.3 Å². The third-order valence-electron chi connectivity index (χ3n) is 4.91. The fourth-order valence-corrected chi connectivity index (χ4v) is 2.52. The topological polar surface area (TPSA) is 56.8 Å². The SMILES string of the molecule is COc1ccc(B2OC(C)(C)C(C)(C)O2)cc1C(=O)NC1CC1. The lowest BCUT2D eigenvalue weighted by Gasteiger charge is -2.32. The highest BCUT2D eigenvalue weighted by Crippen LogP contribution is 2.36. The van der Waals surface area contributed by atoms with E-state index in [4.69, 9.17) is 14.0 Å². The van der Waals surface area contributed by atoms with Crippen molar-refractivity contribution in [2.45, 2.75) is 57.8 Å². The molecule has 1 amide bonds. The van der Waals surface area contributed by atoms with Crippen molar-refractivity contribution in [3.05, 3.63) is 23.8 Å². The third kappa shape index (κ3) is 3.10. The molecule has 0 unspecified atom stereocenters. The van der Waals surface area contributed by atoms with Crippen molar-refractivity contribution < 1.29 is 18.8 Å². The van der Waals surface area contributed by atoms with Crippen LogP contribution in [0.5, 0.6) is 5.75 Å². The van der Waals surface area contributed by atoms with Gasteiger partial charge in [0.2, 0.25) is 0 Å². The summed E-state index contributed by atoms with van der Waals surface area (Å²) in [5, 5.41) is 2.99. The molecule has 1 aromatic carbocycles. The van der Waals surface area contributed by atoms with Gasteiger partial charge in [0.25, 0.3) is 5.91 Å². The van der Waals surface area contributed by atoms with Gasteiger partial charge in [-0.25, -0.2) is 0 Å². The number of methoxy groups -OCH3 is 1. The van der Waals surface area contributed by atoms with E-state index in [2.05, 4.69) is 5.32 Å². The lowest BCUT2D eigenvalue weighted by atomic mass is 9.78. The van der Waals surface area contributed by atoms with E-state index in [9.17, 15) is 4.79 Å². The third-order valence-corrected chi connectivity index (χ3v) is 4.91. The molecule has 6 heteroatoms. The molecule has 0 atom stereocenters. The summed E-state index contributed by atoms with van der Waals surface area (Å²) < 4.78 is 17.4. The smallest absolute Gasteiger partial charge is 0.494 e. The monoisotopic (exact) mass is 317 g/mol. The minimum atomic E-state index is -0.488. The van der Waals surface area contributed by atoms with E-state index in [1.165, 1.54) is 0 Å². The van der Waals surface area contributed by atoms with Crippen LogP contribution in [0.3, 0.4) is 0 Å². The van der Waals surface area contributed by atoms with E-state index in [1.54, 1.807) is 19.2 Å². The number of hydrogen-bond acceptors (Lipinski definition) is 4. The molecule has 2 aliphatic rings. The highest BCUT2D eigenvalue weighted by molar-refractivity contribution is 6.62. The largest absolute Gasteiger partial charge is 0.496 e. The molecular formula is C17H24BNO4. The Labute approximate surface area is 137 Å². The molecule has 0 spiro atoms. The number of hydrogen-bond donors (Lipinski definition) is 1. The molecule has 2 fully saturated rings. The molecule has 0 aromatic heterocycles. The molecule has 5 nitrogen and oxygen atoms in total. The highest BCUT2D eigenvalue weighted by Gasteiger charge is 2.51. The molecule has 0 radical (unpaired) electrons. The zero-order valence-corrected chi connectivity index (χ0v) is 14.4.